The van der Waals surface area contributed by atoms with E-state index >= 15 is 0 Å². The van der Waals surface area contributed by atoms with Gasteiger partial charge in [-0.15, -0.1) is 0 Å². The van der Waals surface area contributed by atoms with Gasteiger partial charge in [-0.05, 0) is 36.2 Å². The van der Waals surface area contributed by atoms with Crippen LogP contribution in [0.2, 0.25) is 0 Å². The molecule has 18 heavy (non-hydrogen) atoms. The van der Waals surface area contributed by atoms with E-state index in [1.165, 1.54) is 0 Å². The molecule has 0 amide bonds. The van der Waals surface area contributed by atoms with Gasteiger partial charge in [0.15, 0.2) is 5.78 Å². The molecule has 0 bridgehead atoms. The van der Waals surface area contributed by atoms with Crippen molar-refractivity contribution in [3.8, 4) is 0 Å². The number of hydrogen-bond donors (Lipinski definition) is 0. The van der Waals surface area contributed by atoms with E-state index in [-0.39, 0.29) is 11.9 Å². The highest BCUT2D eigenvalue weighted by Crippen LogP contribution is 2.22. The maximum absolute atomic E-state index is 12.2. The number of aromatic nitrogens is 2. The Balaban J connectivity index is 2.86. The first kappa shape index (κ1) is 15.4. The summed E-state index contributed by atoms with van der Waals surface area (Å²) in [7, 11) is 1.59. The minimum Gasteiger partial charge on any atom is -0.374 e. The van der Waals surface area contributed by atoms with Gasteiger partial charge in [0.25, 0.3) is 0 Å². The van der Waals surface area contributed by atoms with Gasteiger partial charge in [0.1, 0.15) is 6.10 Å². The van der Waals surface area contributed by atoms with Gasteiger partial charge in [-0.25, -0.2) is 0 Å². The van der Waals surface area contributed by atoms with Crippen LogP contribution in [0.25, 0.3) is 0 Å². The summed E-state index contributed by atoms with van der Waals surface area (Å²) in [6.07, 6.45) is 1.78. The number of methoxy groups -OCH3 is 1. The molecule has 1 aromatic rings. The van der Waals surface area contributed by atoms with Crippen LogP contribution in [0.15, 0.2) is 4.47 Å². The molecule has 0 radical (unpaired) electrons. The average molecular weight is 317 g/mol. The summed E-state index contributed by atoms with van der Waals surface area (Å²) in [6, 6.07) is 0. The normalized spacial score (nSPS) is 12.7. The fourth-order valence-electron chi connectivity index (χ4n) is 1.99. The van der Waals surface area contributed by atoms with E-state index in [9.17, 15) is 4.79 Å². The number of carbonyl (C=O) groups is 1. The van der Waals surface area contributed by atoms with Crippen molar-refractivity contribution in [3.05, 3.63) is 15.9 Å². The highest BCUT2D eigenvalue weighted by molar-refractivity contribution is 9.10. The molecular formula is C13H21BrN2O2. The van der Waals surface area contributed by atoms with Crippen LogP contribution in [-0.4, -0.2) is 28.8 Å². The third-order valence-electron chi connectivity index (χ3n) is 2.99. The maximum Gasteiger partial charge on any atom is 0.167 e. The SMILES string of the molecule is CCCC(OC)C(=O)Cc1c(Br)c(C)nn1CC. The Bertz CT molecular complexity index is 415. The number of ether oxygens (including phenoxy) is 1. The second-order valence-corrected chi connectivity index (χ2v) is 5.11. The second-order valence-electron chi connectivity index (χ2n) is 4.32. The lowest BCUT2D eigenvalue weighted by molar-refractivity contribution is -0.128. The average Bonchev–Trinajstić information content (AvgIpc) is 2.63. The van der Waals surface area contributed by atoms with Gasteiger partial charge in [0.05, 0.1) is 22.3 Å². The molecule has 1 atom stereocenters. The van der Waals surface area contributed by atoms with Crippen molar-refractivity contribution < 1.29 is 9.53 Å². The summed E-state index contributed by atoms with van der Waals surface area (Å²) in [5.74, 6) is 0.120. The molecule has 0 fully saturated rings. The van der Waals surface area contributed by atoms with Crippen molar-refractivity contribution in [1.82, 2.24) is 9.78 Å². The van der Waals surface area contributed by atoms with Crippen LogP contribution in [-0.2, 0) is 22.5 Å². The Hall–Kier alpha value is -0.680. The smallest absolute Gasteiger partial charge is 0.167 e. The van der Waals surface area contributed by atoms with Gasteiger partial charge in [-0.3, -0.25) is 9.48 Å². The van der Waals surface area contributed by atoms with Crippen molar-refractivity contribution >= 4 is 21.7 Å². The summed E-state index contributed by atoms with van der Waals surface area (Å²) in [6.45, 7) is 6.77. The zero-order valence-corrected chi connectivity index (χ0v) is 13.1. The molecule has 4 nitrogen and oxygen atoms in total. The Morgan fingerprint density at radius 1 is 1.50 bits per heavy atom. The number of rotatable bonds is 7. The molecule has 1 aromatic heterocycles. The van der Waals surface area contributed by atoms with Crippen LogP contribution in [0.4, 0.5) is 0 Å². The second kappa shape index (κ2) is 7.04. The van der Waals surface area contributed by atoms with Gasteiger partial charge in [-0.1, -0.05) is 13.3 Å². The standard InChI is InChI=1S/C13H21BrN2O2/c1-5-7-12(18-4)11(17)8-10-13(14)9(3)15-16(10)6-2/h12H,5-8H2,1-4H3. The van der Waals surface area contributed by atoms with Crippen LogP contribution in [0.1, 0.15) is 38.1 Å². The largest absolute Gasteiger partial charge is 0.374 e. The van der Waals surface area contributed by atoms with E-state index in [0.717, 1.165) is 35.2 Å². The zero-order chi connectivity index (χ0) is 13.7. The molecule has 1 unspecified atom stereocenters. The van der Waals surface area contributed by atoms with E-state index in [4.69, 9.17) is 4.74 Å². The summed E-state index contributed by atoms with van der Waals surface area (Å²) < 4.78 is 8.06. The number of Topliss-reactive ketones (excluding diaryl/α,β-unsaturated/α-hetero) is 1. The van der Waals surface area contributed by atoms with Crippen molar-refractivity contribution in [3.63, 3.8) is 0 Å². The molecule has 1 heterocycles. The number of aryl methyl sites for hydroxylation is 2. The van der Waals surface area contributed by atoms with Gasteiger partial charge in [-0.2, -0.15) is 5.10 Å². The topological polar surface area (TPSA) is 44.1 Å². The first-order chi connectivity index (χ1) is 8.54. The maximum atomic E-state index is 12.2. The number of halogens is 1. The molecule has 0 aliphatic carbocycles. The van der Waals surface area contributed by atoms with E-state index in [0.29, 0.717) is 6.42 Å². The fourth-order valence-corrected chi connectivity index (χ4v) is 2.41. The van der Waals surface area contributed by atoms with Crippen molar-refractivity contribution in [2.75, 3.05) is 7.11 Å². The molecule has 0 saturated carbocycles. The van der Waals surface area contributed by atoms with E-state index < -0.39 is 0 Å². The zero-order valence-electron chi connectivity index (χ0n) is 11.5. The van der Waals surface area contributed by atoms with Crippen LogP contribution >= 0.6 is 15.9 Å². The van der Waals surface area contributed by atoms with Gasteiger partial charge >= 0.3 is 0 Å². The molecular weight excluding hydrogens is 296 g/mol. The first-order valence-corrected chi connectivity index (χ1v) is 7.11. The summed E-state index contributed by atoms with van der Waals surface area (Å²) in [4.78, 5) is 12.2. The number of nitrogens with zero attached hydrogens (tertiary/aromatic N) is 2. The molecule has 0 spiro atoms. The predicted molar refractivity (Wildman–Crippen MR) is 74.8 cm³/mol. The summed E-state index contributed by atoms with van der Waals surface area (Å²) >= 11 is 3.50. The third-order valence-corrected chi connectivity index (χ3v) is 4.02. The van der Waals surface area contributed by atoms with Crippen molar-refractivity contribution in [1.29, 1.82) is 0 Å². The molecule has 0 aromatic carbocycles. The van der Waals surface area contributed by atoms with Gasteiger partial charge in [0, 0.05) is 13.7 Å². The lowest BCUT2D eigenvalue weighted by atomic mass is 10.1. The fraction of sp³-hybridized carbons (Fsp3) is 0.692. The lowest BCUT2D eigenvalue weighted by Gasteiger charge is -2.13. The van der Waals surface area contributed by atoms with E-state index in [1.54, 1.807) is 7.11 Å². The number of hydrogen-bond acceptors (Lipinski definition) is 3. The molecule has 5 heteroatoms. The molecule has 102 valence electrons. The van der Waals surface area contributed by atoms with Crippen LogP contribution in [0.3, 0.4) is 0 Å². The Kier molecular flexibility index (Phi) is 6.02. The van der Waals surface area contributed by atoms with Crippen molar-refractivity contribution in [2.45, 2.75) is 52.7 Å². The monoisotopic (exact) mass is 316 g/mol. The predicted octanol–water partition coefficient (Wildman–Crippen LogP) is 2.90. The highest BCUT2D eigenvalue weighted by Gasteiger charge is 2.21. The minimum absolute atomic E-state index is 0.120. The Morgan fingerprint density at radius 3 is 2.67 bits per heavy atom. The highest BCUT2D eigenvalue weighted by atomic mass is 79.9. The van der Waals surface area contributed by atoms with Gasteiger partial charge in [0.2, 0.25) is 0 Å². The quantitative estimate of drug-likeness (QED) is 0.777. The van der Waals surface area contributed by atoms with Gasteiger partial charge < -0.3 is 4.74 Å². The van der Waals surface area contributed by atoms with Crippen LogP contribution in [0, 0.1) is 6.92 Å². The minimum atomic E-state index is -0.303. The number of carbonyl (C=O) groups excluding carboxylic acids is 1. The number of ketones is 1. The van der Waals surface area contributed by atoms with E-state index in [1.807, 2.05) is 18.5 Å². The lowest BCUT2D eigenvalue weighted by Crippen LogP contribution is -2.25. The van der Waals surface area contributed by atoms with Crippen molar-refractivity contribution in [2.24, 2.45) is 0 Å². The Labute approximate surface area is 117 Å². The third kappa shape index (κ3) is 3.42. The molecule has 0 saturated heterocycles. The molecule has 0 N–H and O–H groups in total. The first-order valence-electron chi connectivity index (χ1n) is 6.32. The van der Waals surface area contributed by atoms with Crippen LogP contribution < -0.4 is 0 Å². The molecule has 0 aliphatic rings. The van der Waals surface area contributed by atoms with Crippen LogP contribution in [0.5, 0.6) is 0 Å². The summed E-state index contributed by atoms with van der Waals surface area (Å²) in [5, 5.41) is 4.39. The molecule has 1 rings (SSSR count). The molecule has 0 aliphatic heterocycles. The van der Waals surface area contributed by atoms with E-state index in [2.05, 4.69) is 28.0 Å². The summed E-state index contributed by atoms with van der Waals surface area (Å²) in [5.41, 5.74) is 1.86. The Morgan fingerprint density at radius 2 is 2.17 bits per heavy atom.